The summed E-state index contributed by atoms with van der Waals surface area (Å²) in [4.78, 5) is 6.41. The minimum Gasteiger partial charge on any atom is -0.381 e. The van der Waals surface area contributed by atoms with Gasteiger partial charge in [0.15, 0.2) is 0 Å². The largest absolute Gasteiger partial charge is 0.381 e. The number of rotatable bonds is 4. The van der Waals surface area contributed by atoms with Crippen molar-refractivity contribution in [3.8, 4) is 0 Å². The molecule has 0 bridgehead atoms. The highest BCUT2D eigenvalue weighted by molar-refractivity contribution is 5.48. The van der Waals surface area contributed by atoms with Gasteiger partial charge in [0.1, 0.15) is 5.82 Å². The molecule has 2 rings (SSSR count). The van der Waals surface area contributed by atoms with Crippen LogP contribution in [0.5, 0.6) is 0 Å². The van der Waals surface area contributed by atoms with Crippen molar-refractivity contribution in [2.75, 3.05) is 30.9 Å². The summed E-state index contributed by atoms with van der Waals surface area (Å²) in [6.07, 6.45) is 5.65. The maximum atomic E-state index is 5.78. The van der Waals surface area contributed by atoms with Crippen LogP contribution in [0, 0.1) is 5.92 Å². The maximum absolute atomic E-state index is 5.78. The van der Waals surface area contributed by atoms with E-state index in [0.29, 0.717) is 12.0 Å². The predicted octanol–water partition coefficient (Wildman–Crippen LogP) is 1.69. The summed E-state index contributed by atoms with van der Waals surface area (Å²) in [7, 11) is 3.99. The lowest BCUT2D eigenvalue weighted by molar-refractivity contribution is 0.516. The number of nitrogens with one attached hydrogen (secondary N) is 1. The summed E-state index contributed by atoms with van der Waals surface area (Å²) in [6, 6.07) is 4.65. The Labute approximate surface area is 103 Å². The monoisotopic (exact) mass is 234 g/mol. The van der Waals surface area contributed by atoms with Crippen molar-refractivity contribution in [1.82, 2.24) is 4.98 Å². The standard InChI is InChI=1S/C13H22N4/c1-17(2)13-7-6-11(9-15-13)16-12-5-3-4-10(12)8-14/h6-7,9-10,12,16H,3-5,8,14H2,1-2H3. The Morgan fingerprint density at radius 2 is 2.24 bits per heavy atom. The number of pyridine rings is 1. The summed E-state index contributed by atoms with van der Waals surface area (Å²) in [5, 5.41) is 3.55. The van der Waals surface area contributed by atoms with Crippen molar-refractivity contribution in [2.45, 2.75) is 25.3 Å². The SMILES string of the molecule is CN(C)c1ccc(NC2CCCC2CN)cn1. The number of anilines is 2. The van der Waals surface area contributed by atoms with Gasteiger partial charge in [0.2, 0.25) is 0 Å². The van der Waals surface area contributed by atoms with Gasteiger partial charge in [-0.1, -0.05) is 6.42 Å². The van der Waals surface area contributed by atoms with Crippen LogP contribution in [0.4, 0.5) is 11.5 Å². The molecule has 1 aliphatic carbocycles. The molecule has 94 valence electrons. The minimum atomic E-state index is 0.520. The molecule has 17 heavy (non-hydrogen) atoms. The Morgan fingerprint density at radius 3 is 2.82 bits per heavy atom. The van der Waals surface area contributed by atoms with Gasteiger partial charge in [0, 0.05) is 20.1 Å². The highest BCUT2D eigenvalue weighted by Crippen LogP contribution is 2.27. The smallest absolute Gasteiger partial charge is 0.128 e. The van der Waals surface area contributed by atoms with Gasteiger partial charge in [0.25, 0.3) is 0 Å². The highest BCUT2D eigenvalue weighted by atomic mass is 15.1. The van der Waals surface area contributed by atoms with Gasteiger partial charge in [-0.2, -0.15) is 0 Å². The van der Waals surface area contributed by atoms with Crippen molar-refractivity contribution in [3.63, 3.8) is 0 Å². The van der Waals surface area contributed by atoms with E-state index < -0.39 is 0 Å². The van der Waals surface area contributed by atoms with Gasteiger partial charge in [-0.25, -0.2) is 4.98 Å². The Balaban J connectivity index is 1.99. The minimum absolute atomic E-state index is 0.520. The van der Waals surface area contributed by atoms with Crippen LogP contribution < -0.4 is 16.0 Å². The van der Waals surface area contributed by atoms with Crippen LogP contribution in [0.2, 0.25) is 0 Å². The quantitative estimate of drug-likeness (QED) is 0.832. The molecule has 2 atom stereocenters. The van der Waals surface area contributed by atoms with E-state index >= 15 is 0 Å². The maximum Gasteiger partial charge on any atom is 0.128 e. The molecule has 4 nitrogen and oxygen atoms in total. The Morgan fingerprint density at radius 1 is 1.41 bits per heavy atom. The number of nitrogens with two attached hydrogens (primary N) is 1. The van der Waals surface area contributed by atoms with E-state index in [0.717, 1.165) is 18.1 Å². The van der Waals surface area contributed by atoms with Crippen LogP contribution in [0.3, 0.4) is 0 Å². The van der Waals surface area contributed by atoms with Gasteiger partial charge in [0.05, 0.1) is 11.9 Å². The van der Waals surface area contributed by atoms with Gasteiger partial charge in [-0.15, -0.1) is 0 Å². The first kappa shape index (κ1) is 12.2. The summed E-state index contributed by atoms with van der Waals surface area (Å²) in [6.45, 7) is 0.779. The second kappa shape index (κ2) is 5.36. The molecule has 0 amide bonds. The normalized spacial score (nSPS) is 23.7. The zero-order chi connectivity index (χ0) is 12.3. The molecule has 3 N–H and O–H groups in total. The molecule has 4 heteroatoms. The molecule has 0 spiro atoms. The van der Waals surface area contributed by atoms with Crippen LogP contribution in [0.25, 0.3) is 0 Å². The fraction of sp³-hybridized carbons (Fsp3) is 0.615. The number of nitrogens with zero attached hydrogens (tertiary/aromatic N) is 2. The summed E-state index contributed by atoms with van der Waals surface area (Å²) < 4.78 is 0. The number of hydrogen-bond acceptors (Lipinski definition) is 4. The molecule has 0 aromatic carbocycles. The zero-order valence-corrected chi connectivity index (χ0v) is 10.7. The fourth-order valence-electron chi connectivity index (χ4n) is 2.46. The lowest BCUT2D eigenvalue weighted by atomic mass is 10.0. The van der Waals surface area contributed by atoms with E-state index in [9.17, 15) is 0 Å². The van der Waals surface area contributed by atoms with E-state index in [1.54, 1.807) is 0 Å². The van der Waals surface area contributed by atoms with Gasteiger partial charge in [-0.3, -0.25) is 0 Å². The molecule has 2 unspecified atom stereocenters. The van der Waals surface area contributed by atoms with E-state index in [4.69, 9.17) is 5.73 Å². The average molecular weight is 234 g/mol. The van der Waals surface area contributed by atoms with Crippen molar-refractivity contribution in [3.05, 3.63) is 18.3 Å². The zero-order valence-electron chi connectivity index (χ0n) is 10.7. The number of aromatic nitrogens is 1. The first-order valence-electron chi connectivity index (χ1n) is 6.30. The van der Waals surface area contributed by atoms with E-state index in [1.807, 2.05) is 31.3 Å². The lowest BCUT2D eigenvalue weighted by Crippen LogP contribution is -2.29. The molecular weight excluding hydrogens is 212 g/mol. The summed E-state index contributed by atoms with van der Waals surface area (Å²) in [5.74, 6) is 1.60. The first-order valence-corrected chi connectivity index (χ1v) is 6.30. The first-order chi connectivity index (χ1) is 8.20. The van der Waals surface area contributed by atoms with Crippen LogP contribution in [0.1, 0.15) is 19.3 Å². The molecule has 1 aromatic rings. The topological polar surface area (TPSA) is 54.2 Å². The predicted molar refractivity (Wildman–Crippen MR) is 72.4 cm³/mol. The van der Waals surface area contributed by atoms with E-state index in [-0.39, 0.29) is 0 Å². The van der Waals surface area contributed by atoms with E-state index in [1.165, 1.54) is 19.3 Å². The molecule has 1 aromatic heterocycles. The van der Waals surface area contributed by atoms with Gasteiger partial charge < -0.3 is 16.0 Å². The van der Waals surface area contributed by atoms with Crippen molar-refractivity contribution in [1.29, 1.82) is 0 Å². The summed E-state index contributed by atoms with van der Waals surface area (Å²) in [5.41, 5.74) is 6.88. The van der Waals surface area contributed by atoms with Crippen molar-refractivity contribution in [2.24, 2.45) is 11.7 Å². The molecule has 1 heterocycles. The van der Waals surface area contributed by atoms with Crippen molar-refractivity contribution < 1.29 is 0 Å². The van der Waals surface area contributed by atoms with Crippen LogP contribution in [-0.4, -0.2) is 31.7 Å². The molecular formula is C13H22N4. The second-order valence-corrected chi connectivity index (χ2v) is 4.98. The Kier molecular flexibility index (Phi) is 3.84. The molecule has 1 fully saturated rings. The van der Waals surface area contributed by atoms with Gasteiger partial charge >= 0.3 is 0 Å². The Hall–Kier alpha value is -1.29. The second-order valence-electron chi connectivity index (χ2n) is 4.98. The van der Waals surface area contributed by atoms with Crippen LogP contribution >= 0.6 is 0 Å². The Bertz CT molecular complexity index is 347. The lowest BCUT2D eigenvalue weighted by Gasteiger charge is -2.21. The highest BCUT2D eigenvalue weighted by Gasteiger charge is 2.25. The molecule has 1 saturated carbocycles. The third-order valence-corrected chi connectivity index (χ3v) is 3.52. The third-order valence-electron chi connectivity index (χ3n) is 3.52. The van der Waals surface area contributed by atoms with E-state index in [2.05, 4.69) is 16.4 Å². The fourth-order valence-corrected chi connectivity index (χ4v) is 2.46. The molecule has 0 saturated heterocycles. The number of hydrogen-bond donors (Lipinski definition) is 2. The van der Waals surface area contributed by atoms with Crippen LogP contribution in [0.15, 0.2) is 18.3 Å². The summed E-state index contributed by atoms with van der Waals surface area (Å²) >= 11 is 0. The van der Waals surface area contributed by atoms with Crippen molar-refractivity contribution >= 4 is 11.5 Å². The molecule has 0 radical (unpaired) electrons. The molecule has 1 aliphatic rings. The molecule has 0 aliphatic heterocycles. The van der Waals surface area contributed by atoms with Gasteiger partial charge in [-0.05, 0) is 37.4 Å². The average Bonchev–Trinajstić information content (AvgIpc) is 2.77. The van der Waals surface area contributed by atoms with Crippen LogP contribution in [-0.2, 0) is 0 Å². The third kappa shape index (κ3) is 2.88.